The van der Waals surface area contributed by atoms with Crippen molar-refractivity contribution < 1.29 is 4.39 Å². The maximum atomic E-state index is 12.5. The van der Waals surface area contributed by atoms with Crippen molar-refractivity contribution in [1.29, 1.82) is 0 Å². The Morgan fingerprint density at radius 2 is 1.96 bits per heavy atom. The summed E-state index contributed by atoms with van der Waals surface area (Å²) >= 11 is 8.77. The normalized spacial score (nSPS) is 12.9. The lowest BCUT2D eigenvalue weighted by atomic mass is 10.3. The minimum atomic E-state index is -0.599. The molecule has 0 heterocycles. The van der Waals surface area contributed by atoms with Crippen molar-refractivity contribution in [2.45, 2.75) is 14.5 Å². The summed E-state index contributed by atoms with van der Waals surface area (Å²) in [5, 5.41) is 0. The van der Waals surface area contributed by atoms with Crippen LogP contribution < -0.4 is 10.6 Å². The topological polar surface area (TPSA) is 41.6 Å². The maximum Gasteiger partial charge on any atom is 0.200 e. The molecule has 0 fully saturated rings. The molecule has 24 heavy (non-hydrogen) atoms. The molecule has 2 N–H and O–H groups in total. The van der Waals surface area contributed by atoms with Gasteiger partial charge >= 0.3 is 0 Å². The van der Waals surface area contributed by atoms with Gasteiger partial charge in [-0.3, -0.25) is 0 Å². The highest BCUT2D eigenvalue weighted by Crippen LogP contribution is 2.29. The molecule has 0 radical (unpaired) electrons. The quantitative estimate of drug-likeness (QED) is 0.325. The van der Waals surface area contributed by atoms with E-state index in [1.807, 2.05) is 60.7 Å². The van der Waals surface area contributed by atoms with Crippen molar-refractivity contribution in [2.75, 3.05) is 24.9 Å². The molecule has 2 rings (SSSR count). The highest BCUT2D eigenvalue weighted by atomic mass is 35.5. The van der Waals surface area contributed by atoms with E-state index in [9.17, 15) is 4.39 Å². The fourth-order valence-electron chi connectivity index (χ4n) is 1.96. The number of nitrogens with zero attached hydrogens (tertiary/aromatic N) is 2. The van der Waals surface area contributed by atoms with E-state index in [1.54, 1.807) is 11.8 Å². The largest absolute Gasteiger partial charge is 0.369 e. The summed E-state index contributed by atoms with van der Waals surface area (Å²) in [7, 11) is 1.87. The van der Waals surface area contributed by atoms with Crippen LogP contribution in [0.15, 0.2) is 63.3 Å². The van der Waals surface area contributed by atoms with Crippen LogP contribution in [0.3, 0.4) is 0 Å². The van der Waals surface area contributed by atoms with Gasteiger partial charge in [-0.1, -0.05) is 12.1 Å². The van der Waals surface area contributed by atoms with Crippen LogP contribution in [-0.4, -0.2) is 30.6 Å². The van der Waals surface area contributed by atoms with E-state index in [-0.39, 0.29) is 0 Å². The fourth-order valence-corrected chi connectivity index (χ4v) is 3.43. The van der Waals surface area contributed by atoms with E-state index in [0.29, 0.717) is 11.6 Å². The molecule has 2 aromatic carbocycles. The number of aliphatic imine (C=N–C) groups is 1. The van der Waals surface area contributed by atoms with Gasteiger partial charge in [-0.25, -0.2) is 9.38 Å². The van der Waals surface area contributed by atoms with Crippen molar-refractivity contribution in [1.82, 2.24) is 0 Å². The van der Waals surface area contributed by atoms with Crippen LogP contribution in [0.2, 0.25) is 0 Å². The molecule has 1 atom stereocenters. The van der Waals surface area contributed by atoms with Crippen molar-refractivity contribution >= 4 is 52.5 Å². The fraction of sp³-hybridized carbons (Fsp3) is 0.235. The smallest absolute Gasteiger partial charge is 0.200 e. The molecule has 3 nitrogen and oxygen atoms in total. The number of rotatable bonds is 6. The van der Waals surface area contributed by atoms with E-state index >= 15 is 0 Å². The molecule has 0 aliphatic heterocycles. The van der Waals surface area contributed by atoms with E-state index in [4.69, 9.17) is 17.3 Å². The van der Waals surface area contributed by atoms with Gasteiger partial charge < -0.3 is 10.6 Å². The van der Waals surface area contributed by atoms with Gasteiger partial charge in [0, 0.05) is 22.5 Å². The summed E-state index contributed by atoms with van der Waals surface area (Å²) in [6.45, 7) is -0.587. The van der Waals surface area contributed by atoms with Crippen LogP contribution in [0.5, 0.6) is 0 Å². The molecule has 7 heteroatoms. The Hall–Kier alpha value is -1.37. The lowest BCUT2D eigenvalue weighted by molar-refractivity contribution is 0.520. The number of halogens is 2. The third-order valence-electron chi connectivity index (χ3n) is 3.23. The number of guanidine groups is 1. The predicted molar refractivity (Wildman–Crippen MR) is 106 cm³/mol. The zero-order valence-corrected chi connectivity index (χ0v) is 15.8. The summed E-state index contributed by atoms with van der Waals surface area (Å²) in [5.74, 6) is 0.378. The molecule has 0 spiro atoms. The maximum absolute atomic E-state index is 12.5. The molecular weight excluding hydrogens is 365 g/mol. The molecule has 0 aliphatic rings. The molecule has 0 saturated heterocycles. The third-order valence-corrected chi connectivity index (χ3v) is 5.25. The van der Waals surface area contributed by atoms with Gasteiger partial charge in [-0.15, -0.1) is 35.1 Å². The van der Waals surface area contributed by atoms with Gasteiger partial charge in [0.15, 0.2) is 0 Å². The van der Waals surface area contributed by atoms with Crippen LogP contribution in [0, 0.1) is 0 Å². The van der Waals surface area contributed by atoms with E-state index in [2.05, 4.69) is 11.1 Å². The van der Waals surface area contributed by atoms with Gasteiger partial charge in [-0.05, 0) is 42.7 Å². The molecule has 0 amide bonds. The summed E-state index contributed by atoms with van der Waals surface area (Å²) < 4.78 is 11.9. The third kappa shape index (κ3) is 5.33. The van der Waals surface area contributed by atoms with Gasteiger partial charge in [0.25, 0.3) is 0 Å². The minimum Gasteiger partial charge on any atom is -0.369 e. The zero-order valence-electron chi connectivity index (χ0n) is 13.4. The first-order valence-corrected chi connectivity index (χ1v) is 9.76. The van der Waals surface area contributed by atoms with Crippen molar-refractivity contribution in [2.24, 2.45) is 10.7 Å². The SMILES string of the molecule is CSc1cccc(N(C)C(N)=Nc2cccc(SC(Cl)CF)c2)c1. The van der Waals surface area contributed by atoms with Gasteiger partial charge in [0.2, 0.25) is 5.96 Å². The molecule has 0 aromatic heterocycles. The minimum absolute atomic E-state index is 0.378. The van der Waals surface area contributed by atoms with Crippen molar-refractivity contribution in [3.05, 3.63) is 48.5 Å². The molecule has 2 aromatic rings. The molecule has 128 valence electrons. The number of thioether (sulfide) groups is 2. The number of alkyl halides is 2. The highest BCUT2D eigenvalue weighted by molar-refractivity contribution is 8.01. The van der Waals surface area contributed by atoms with Crippen molar-refractivity contribution in [3.63, 3.8) is 0 Å². The van der Waals surface area contributed by atoms with Crippen LogP contribution in [0.1, 0.15) is 0 Å². The standard InChI is InChI=1S/C17H19ClFN3S2/c1-22(13-6-4-7-14(10-13)23-2)17(20)21-12-5-3-8-15(9-12)24-16(18)11-19/h3-10,16H,11H2,1-2H3,(H2,20,21). The zero-order chi connectivity index (χ0) is 17.5. The van der Waals surface area contributed by atoms with Gasteiger partial charge in [0.1, 0.15) is 11.4 Å². The monoisotopic (exact) mass is 383 g/mol. The number of anilines is 1. The Morgan fingerprint density at radius 1 is 1.25 bits per heavy atom. The van der Waals surface area contributed by atoms with E-state index < -0.39 is 11.4 Å². The second kappa shape index (κ2) is 9.20. The van der Waals surface area contributed by atoms with Crippen LogP contribution >= 0.6 is 35.1 Å². The Kier molecular flexibility index (Phi) is 7.27. The molecule has 0 saturated carbocycles. The van der Waals surface area contributed by atoms with Crippen molar-refractivity contribution in [3.8, 4) is 0 Å². The Labute approximate surface area is 155 Å². The van der Waals surface area contributed by atoms with Crippen LogP contribution in [0.4, 0.5) is 15.8 Å². The summed E-state index contributed by atoms with van der Waals surface area (Å²) in [5.41, 5.74) is 7.79. The van der Waals surface area contributed by atoms with Crippen LogP contribution in [-0.2, 0) is 0 Å². The molecule has 0 aliphatic carbocycles. The Bertz CT molecular complexity index is 712. The summed E-state index contributed by atoms with van der Waals surface area (Å²) in [6.07, 6.45) is 2.03. The van der Waals surface area contributed by atoms with Crippen LogP contribution in [0.25, 0.3) is 0 Å². The Balaban J connectivity index is 2.18. The average molecular weight is 384 g/mol. The molecule has 0 bridgehead atoms. The first kappa shape index (κ1) is 19.0. The first-order valence-electron chi connectivity index (χ1n) is 7.22. The lowest BCUT2D eigenvalue weighted by Gasteiger charge is -2.18. The second-order valence-corrected chi connectivity index (χ2v) is 7.85. The predicted octanol–water partition coefficient (Wildman–Crippen LogP) is 5.12. The van der Waals surface area contributed by atoms with E-state index in [0.717, 1.165) is 15.5 Å². The van der Waals surface area contributed by atoms with Gasteiger partial charge in [-0.2, -0.15) is 0 Å². The number of nitrogens with two attached hydrogens (primary N) is 1. The number of hydrogen-bond acceptors (Lipinski definition) is 3. The molecule has 1 unspecified atom stereocenters. The lowest BCUT2D eigenvalue weighted by Crippen LogP contribution is -2.33. The summed E-state index contributed by atoms with van der Waals surface area (Å²) in [4.78, 5) is 8.29. The second-order valence-electron chi connectivity index (χ2n) is 4.91. The first-order chi connectivity index (χ1) is 11.5. The van der Waals surface area contributed by atoms with E-state index in [1.165, 1.54) is 11.8 Å². The summed E-state index contributed by atoms with van der Waals surface area (Å²) in [6, 6.07) is 15.5. The van der Waals surface area contributed by atoms with Gasteiger partial charge in [0.05, 0.1) is 5.69 Å². The number of benzene rings is 2. The highest BCUT2D eigenvalue weighted by Gasteiger charge is 2.08. The number of hydrogen-bond donors (Lipinski definition) is 1. The molecular formula is C17H19ClFN3S2. The Morgan fingerprint density at radius 3 is 2.67 bits per heavy atom. The average Bonchev–Trinajstić information content (AvgIpc) is 2.61.